The van der Waals surface area contributed by atoms with Crippen LogP contribution in [0.4, 0.5) is 13.2 Å². The molecule has 0 aromatic heterocycles. The molecule has 2 aromatic rings. The summed E-state index contributed by atoms with van der Waals surface area (Å²) in [6.07, 6.45) is 3.63. The number of hydrogen-bond donors (Lipinski definition) is 0. The third-order valence-electron chi connectivity index (χ3n) is 8.38. The van der Waals surface area contributed by atoms with E-state index in [0.29, 0.717) is 35.3 Å². The molecule has 0 saturated heterocycles. The highest BCUT2D eigenvalue weighted by atomic mass is 19.1. The highest BCUT2D eigenvalue weighted by Gasteiger charge is 2.46. The summed E-state index contributed by atoms with van der Waals surface area (Å²) in [4.78, 5) is 0. The van der Waals surface area contributed by atoms with E-state index in [0.717, 1.165) is 24.8 Å². The molecular weight excluding hydrogens is 417 g/mol. The molecular formula is C30H43F3. The Morgan fingerprint density at radius 3 is 1.76 bits per heavy atom. The van der Waals surface area contributed by atoms with E-state index in [1.54, 1.807) is 6.07 Å². The molecule has 0 fully saturated rings. The lowest BCUT2D eigenvalue weighted by molar-refractivity contribution is 0.212. The summed E-state index contributed by atoms with van der Waals surface area (Å²) in [6.45, 7) is 19.0. The fourth-order valence-electron chi connectivity index (χ4n) is 6.13. The molecule has 0 spiro atoms. The van der Waals surface area contributed by atoms with E-state index in [9.17, 15) is 13.2 Å². The van der Waals surface area contributed by atoms with E-state index in [2.05, 4.69) is 54.5 Å². The molecule has 1 unspecified atom stereocenters. The molecule has 3 heteroatoms. The molecule has 2 aromatic carbocycles. The summed E-state index contributed by atoms with van der Waals surface area (Å²) < 4.78 is 41.6. The predicted molar refractivity (Wildman–Crippen MR) is 134 cm³/mol. The lowest BCUT2D eigenvalue weighted by Gasteiger charge is -2.39. The summed E-state index contributed by atoms with van der Waals surface area (Å²) >= 11 is 0. The Morgan fingerprint density at radius 1 is 0.667 bits per heavy atom. The quantitative estimate of drug-likeness (QED) is 0.428. The van der Waals surface area contributed by atoms with Crippen molar-refractivity contribution in [2.75, 3.05) is 0 Å². The molecule has 0 radical (unpaired) electrons. The van der Waals surface area contributed by atoms with Crippen molar-refractivity contribution in [2.45, 2.75) is 98.8 Å². The first-order valence-electron chi connectivity index (χ1n) is 12.7. The van der Waals surface area contributed by atoms with Gasteiger partial charge in [0.25, 0.3) is 0 Å². The number of benzene rings is 2. The molecule has 4 rings (SSSR count). The Kier molecular flexibility index (Phi) is 8.87. The van der Waals surface area contributed by atoms with Gasteiger partial charge in [0.2, 0.25) is 0 Å². The molecule has 184 valence electrons. The Labute approximate surface area is 200 Å². The number of rotatable bonds is 3. The van der Waals surface area contributed by atoms with E-state index in [4.69, 9.17) is 0 Å². The number of fused-ring (bicyclic) bond motifs is 2. The van der Waals surface area contributed by atoms with Gasteiger partial charge in [0, 0.05) is 11.0 Å². The van der Waals surface area contributed by atoms with Crippen molar-refractivity contribution in [3.05, 3.63) is 70.0 Å². The normalized spacial score (nSPS) is 20.2. The largest absolute Gasteiger partial charge is 0.207 e. The zero-order valence-electron chi connectivity index (χ0n) is 22.1. The summed E-state index contributed by atoms with van der Waals surface area (Å²) in [5.74, 6) is 0.642. The van der Waals surface area contributed by atoms with Gasteiger partial charge in [-0.1, -0.05) is 74.4 Å². The van der Waals surface area contributed by atoms with Crippen LogP contribution < -0.4 is 0 Å². The molecule has 0 bridgehead atoms. The summed E-state index contributed by atoms with van der Waals surface area (Å²) in [6, 6.07) is 8.00. The number of aryl methyl sites for hydroxylation is 1. The second-order valence-corrected chi connectivity index (χ2v) is 10.6. The average molecular weight is 461 g/mol. The second-order valence-electron chi connectivity index (χ2n) is 10.6. The number of hydrogen-bond acceptors (Lipinski definition) is 0. The van der Waals surface area contributed by atoms with Crippen molar-refractivity contribution in [1.82, 2.24) is 0 Å². The summed E-state index contributed by atoms with van der Waals surface area (Å²) in [5, 5.41) is 0. The molecule has 2 aliphatic carbocycles. The minimum Gasteiger partial charge on any atom is -0.207 e. The van der Waals surface area contributed by atoms with Crippen molar-refractivity contribution in [2.24, 2.45) is 17.8 Å². The molecule has 0 heterocycles. The SMILES string of the molecule is CC.CC(C)C1(C(C)C)CCc2c(F)ccc(F)c21.CC(C)C1(C)CCc2cccc(F)c21. The minimum atomic E-state index is -0.246. The lowest BCUT2D eigenvalue weighted by Crippen LogP contribution is -2.36. The summed E-state index contributed by atoms with van der Waals surface area (Å²) in [7, 11) is 0. The third kappa shape index (κ3) is 4.75. The van der Waals surface area contributed by atoms with Gasteiger partial charge in [-0.3, -0.25) is 0 Å². The van der Waals surface area contributed by atoms with Crippen LogP contribution in [0.3, 0.4) is 0 Å². The Bertz CT molecular complexity index is 934. The Balaban J connectivity index is 0.000000221. The van der Waals surface area contributed by atoms with Crippen LogP contribution in [0.25, 0.3) is 0 Å². The maximum atomic E-state index is 14.1. The van der Waals surface area contributed by atoms with Gasteiger partial charge in [-0.2, -0.15) is 0 Å². The molecule has 33 heavy (non-hydrogen) atoms. The molecule has 0 N–H and O–H groups in total. The van der Waals surface area contributed by atoms with Crippen LogP contribution in [0.1, 0.15) is 97.4 Å². The van der Waals surface area contributed by atoms with Crippen molar-refractivity contribution >= 4 is 0 Å². The van der Waals surface area contributed by atoms with Gasteiger partial charge in [0.15, 0.2) is 0 Å². The molecule has 2 aliphatic rings. The zero-order valence-corrected chi connectivity index (χ0v) is 22.1. The van der Waals surface area contributed by atoms with Crippen molar-refractivity contribution < 1.29 is 13.2 Å². The van der Waals surface area contributed by atoms with Crippen LogP contribution in [0.2, 0.25) is 0 Å². The first-order chi connectivity index (χ1) is 15.5. The van der Waals surface area contributed by atoms with Crippen molar-refractivity contribution in [3.63, 3.8) is 0 Å². The third-order valence-corrected chi connectivity index (χ3v) is 8.38. The maximum Gasteiger partial charge on any atom is 0.127 e. The van der Waals surface area contributed by atoms with Gasteiger partial charge >= 0.3 is 0 Å². The fourth-order valence-corrected chi connectivity index (χ4v) is 6.13. The van der Waals surface area contributed by atoms with Crippen LogP contribution in [0.15, 0.2) is 30.3 Å². The van der Waals surface area contributed by atoms with Gasteiger partial charge in [0.1, 0.15) is 17.5 Å². The van der Waals surface area contributed by atoms with Gasteiger partial charge in [-0.05, 0) is 83.7 Å². The van der Waals surface area contributed by atoms with Gasteiger partial charge in [-0.15, -0.1) is 0 Å². The van der Waals surface area contributed by atoms with Crippen molar-refractivity contribution in [1.29, 1.82) is 0 Å². The minimum absolute atomic E-state index is 0.0174. The van der Waals surface area contributed by atoms with Crippen LogP contribution in [-0.2, 0) is 23.7 Å². The molecule has 0 saturated carbocycles. The second kappa shape index (κ2) is 10.7. The maximum absolute atomic E-state index is 14.1. The van der Waals surface area contributed by atoms with E-state index in [1.165, 1.54) is 17.7 Å². The highest BCUT2D eigenvalue weighted by molar-refractivity contribution is 5.43. The number of halogens is 3. The van der Waals surface area contributed by atoms with E-state index in [1.807, 2.05) is 19.9 Å². The predicted octanol–water partition coefficient (Wildman–Crippen LogP) is 9.17. The topological polar surface area (TPSA) is 0 Å². The molecule has 0 nitrogen and oxygen atoms in total. The lowest BCUT2D eigenvalue weighted by atomic mass is 9.65. The Morgan fingerprint density at radius 2 is 1.21 bits per heavy atom. The highest BCUT2D eigenvalue weighted by Crippen LogP contribution is 2.51. The van der Waals surface area contributed by atoms with Crippen LogP contribution in [0.5, 0.6) is 0 Å². The van der Waals surface area contributed by atoms with Crippen LogP contribution >= 0.6 is 0 Å². The standard InChI is InChI=1S/C15H20F2.C13H17F.C2H6/c1-9(2)15(10(3)4)8-7-11-12(16)5-6-13(17)14(11)15;1-9(2)13(3)8-7-10-5-4-6-11(14)12(10)13;1-2/h5-6,9-10H,7-8H2,1-4H3;4-6,9H,7-8H2,1-3H3;1-2H3. The van der Waals surface area contributed by atoms with E-state index >= 15 is 0 Å². The Hall–Kier alpha value is -1.77. The van der Waals surface area contributed by atoms with Gasteiger partial charge in [0.05, 0.1) is 0 Å². The van der Waals surface area contributed by atoms with Crippen molar-refractivity contribution in [3.8, 4) is 0 Å². The van der Waals surface area contributed by atoms with Gasteiger partial charge < -0.3 is 0 Å². The smallest absolute Gasteiger partial charge is 0.127 e. The zero-order chi connectivity index (χ0) is 25.1. The van der Waals surface area contributed by atoms with E-state index < -0.39 is 0 Å². The fraction of sp³-hybridized carbons (Fsp3) is 0.600. The van der Waals surface area contributed by atoms with E-state index in [-0.39, 0.29) is 28.3 Å². The molecule has 1 atom stereocenters. The van der Waals surface area contributed by atoms with Crippen LogP contribution in [-0.4, -0.2) is 0 Å². The summed E-state index contributed by atoms with van der Waals surface area (Å²) in [5.41, 5.74) is 3.26. The van der Waals surface area contributed by atoms with Crippen LogP contribution in [0, 0.1) is 35.2 Å². The molecule has 0 amide bonds. The first-order valence-corrected chi connectivity index (χ1v) is 12.7. The molecule has 0 aliphatic heterocycles. The first kappa shape index (κ1) is 27.5. The monoisotopic (exact) mass is 460 g/mol. The average Bonchev–Trinajstić information content (AvgIpc) is 3.35. The van der Waals surface area contributed by atoms with Gasteiger partial charge in [-0.25, -0.2) is 13.2 Å².